The lowest BCUT2D eigenvalue weighted by Crippen LogP contribution is -2.24. The van der Waals surface area contributed by atoms with Crippen LogP contribution in [0.4, 0.5) is 0 Å². The molecule has 67 heavy (non-hydrogen) atoms. The Kier molecular flexibility index (Phi) is 17.3. The summed E-state index contributed by atoms with van der Waals surface area (Å²) in [5, 5.41) is 40.4. The van der Waals surface area contributed by atoms with Crippen LogP contribution in [0.5, 0.6) is 57.5 Å². The fourth-order valence-electron chi connectivity index (χ4n) is 8.06. The van der Waals surface area contributed by atoms with Crippen LogP contribution in [-0.2, 0) is 31.9 Å². The summed E-state index contributed by atoms with van der Waals surface area (Å²) in [6.45, 7) is 5.40. The van der Waals surface area contributed by atoms with Crippen LogP contribution < -0.4 is 37.9 Å². The number of phenolic OH excluding ortho intramolecular Hbond substituents is 2. The van der Waals surface area contributed by atoms with Crippen LogP contribution in [0, 0.1) is 11.8 Å². The summed E-state index contributed by atoms with van der Waals surface area (Å²) in [5.74, 6) is 3.73. The number of ether oxygens (including phenoxy) is 10. The van der Waals surface area contributed by atoms with Gasteiger partial charge >= 0.3 is 0 Å². The molecule has 0 fully saturated rings. The number of carbonyl (C=O) groups excluding carboxylic acids is 2. The minimum absolute atomic E-state index is 0.0394. The van der Waals surface area contributed by atoms with Gasteiger partial charge in [0.15, 0.2) is 46.0 Å². The highest BCUT2D eigenvalue weighted by atomic mass is 16.7. The van der Waals surface area contributed by atoms with Crippen LogP contribution in [0.2, 0.25) is 0 Å². The Labute approximate surface area is 389 Å². The zero-order valence-corrected chi connectivity index (χ0v) is 38.3. The number of fused-ring (bicyclic) bond motifs is 4. The van der Waals surface area contributed by atoms with Gasteiger partial charge in [-0.25, -0.2) is 0 Å². The molecule has 9 rings (SSSR count). The van der Waals surface area contributed by atoms with Gasteiger partial charge in [-0.3, -0.25) is 9.59 Å². The van der Waals surface area contributed by atoms with Crippen molar-refractivity contribution in [1.29, 1.82) is 0 Å². The van der Waals surface area contributed by atoms with Gasteiger partial charge in [0.2, 0.25) is 11.5 Å². The third-order valence-corrected chi connectivity index (χ3v) is 11.5. The molecule has 2 heterocycles. The first-order valence-electron chi connectivity index (χ1n) is 21.9. The summed E-state index contributed by atoms with van der Waals surface area (Å²) in [6.07, 6.45) is 1.23. The molecule has 4 aliphatic rings. The SMILES string of the molecule is CCC.COc1cccc(OC)c1O.COc1cccc(OC)c1O.O=COCC1CCc2cc3c(cc2C1O)OC(c1cccc(C2Oc4cc5c(cc4O2)C(O)C(COC=O)CC5)c1)O3. The molecule has 0 radical (unpaired) electrons. The summed E-state index contributed by atoms with van der Waals surface area (Å²) in [6, 6.07) is 25.2. The number of hydrogen-bond donors (Lipinski definition) is 4. The highest BCUT2D eigenvalue weighted by Crippen LogP contribution is 2.49. The number of aromatic hydroxyl groups is 2. The van der Waals surface area contributed by atoms with E-state index in [1.807, 2.05) is 48.5 Å². The molecule has 0 aromatic heterocycles. The number of methoxy groups -OCH3 is 4. The Morgan fingerprint density at radius 3 is 1.19 bits per heavy atom. The van der Waals surface area contributed by atoms with Gasteiger partial charge in [-0.2, -0.15) is 0 Å². The van der Waals surface area contributed by atoms with Gasteiger partial charge in [0, 0.05) is 23.0 Å². The second-order valence-corrected chi connectivity index (χ2v) is 15.9. The maximum Gasteiger partial charge on any atom is 0.293 e. The van der Waals surface area contributed by atoms with E-state index in [9.17, 15) is 30.0 Å². The zero-order valence-electron chi connectivity index (χ0n) is 38.3. The Hall–Kier alpha value is -7.04. The quantitative estimate of drug-likeness (QED) is 0.0867. The maximum atomic E-state index is 10.9. The molecule has 2 aliphatic heterocycles. The summed E-state index contributed by atoms with van der Waals surface area (Å²) in [4.78, 5) is 21.2. The van der Waals surface area contributed by atoms with E-state index in [1.54, 1.807) is 36.4 Å². The number of aliphatic hydroxyl groups excluding tert-OH is 2. The van der Waals surface area contributed by atoms with Crippen LogP contribution in [0.15, 0.2) is 84.9 Å². The van der Waals surface area contributed by atoms with Crippen molar-refractivity contribution in [3.63, 3.8) is 0 Å². The molecule has 2 aliphatic carbocycles. The van der Waals surface area contributed by atoms with Crippen molar-refractivity contribution in [3.8, 4) is 57.5 Å². The average molecular weight is 927 g/mol. The van der Waals surface area contributed by atoms with Crippen molar-refractivity contribution in [3.05, 3.63) is 118 Å². The van der Waals surface area contributed by atoms with Gasteiger partial charge in [-0.05, 0) is 103 Å². The molecule has 6 unspecified atom stereocenters. The van der Waals surface area contributed by atoms with Gasteiger partial charge in [-0.1, -0.05) is 50.6 Å². The minimum atomic E-state index is -0.759. The predicted octanol–water partition coefficient (Wildman–Crippen LogP) is 8.40. The number of hydrogen-bond acceptors (Lipinski definition) is 16. The molecule has 16 heteroatoms. The van der Waals surface area contributed by atoms with Gasteiger partial charge in [0.1, 0.15) is 0 Å². The van der Waals surface area contributed by atoms with E-state index in [1.165, 1.54) is 34.9 Å². The van der Waals surface area contributed by atoms with E-state index >= 15 is 0 Å². The van der Waals surface area contributed by atoms with E-state index in [0.717, 1.165) is 46.2 Å². The normalized spacial score (nSPS) is 20.0. The minimum Gasteiger partial charge on any atom is -0.502 e. The third-order valence-electron chi connectivity index (χ3n) is 11.5. The largest absolute Gasteiger partial charge is 0.502 e. The Balaban J connectivity index is 0.000000241. The standard InChI is InChI=1S/C32H30O10.2C8H10O3.C3H8/c33-15-37-13-21-6-4-17-9-25-27(11-23(17)29(21)35)41-31(39-25)19-2-1-3-20(8-19)32-40-26-10-18-5-7-22(14-38-16-34)30(36)24(18)12-28(26)42-32;2*1-10-6-4-3-5-7(11-2)8(6)9;1-3-2/h1-3,8-12,15-16,21-22,29-32,35-36H,4-7,13-14H2;2*3-5,9H,1-2H3;3H2,1-2H3. The second-order valence-electron chi connectivity index (χ2n) is 15.9. The van der Waals surface area contributed by atoms with Crippen LogP contribution in [0.3, 0.4) is 0 Å². The lowest BCUT2D eigenvalue weighted by Gasteiger charge is -2.29. The number of benzene rings is 5. The fraction of sp³-hybridized carbons (Fsp3) is 0.373. The second kappa shape index (κ2) is 23.4. The average Bonchev–Trinajstić information content (AvgIpc) is 3.97. The van der Waals surface area contributed by atoms with Gasteiger partial charge < -0.3 is 67.8 Å². The van der Waals surface area contributed by atoms with Crippen molar-refractivity contribution in [1.82, 2.24) is 0 Å². The van der Waals surface area contributed by atoms with Crippen molar-refractivity contribution < 1.29 is 77.4 Å². The summed E-state index contributed by atoms with van der Waals surface area (Å²) >= 11 is 0. The first-order chi connectivity index (χ1) is 32.5. The van der Waals surface area contributed by atoms with Crippen LogP contribution in [-0.4, -0.2) is 75.0 Å². The third kappa shape index (κ3) is 11.5. The molecular formula is C51H58O16. The van der Waals surface area contributed by atoms with Crippen molar-refractivity contribution >= 4 is 12.9 Å². The van der Waals surface area contributed by atoms with Crippen LogP contribution >= 0.6 is 0 Å². The number of rotatable bonds is 12. The molecule has 0 saturated carbocycles. The molecule has 6 atom stereocenters. The molecule has 0 amide bonds. The molecule has 358 valence electrons. The monoisotopic (exact) mass is 926 g/mol. The van der Waals surface area contributed by atoms with Crippen LogP contribution in [0.25, 0.3) is 0 Å². The van der Waals surface area contributed by atoms with E-state index in [4.69, 9.17) is 47.4 Å². The summed E-state index contributed by atoms with van der Waals surface area (Å²) in [7, 11) is 5.98. The summed E-state index contributed by atoms with van der Waals surface area (Å²) < 4.78 is 53.9. The highest BCUT2D eigenvalue weighted by molar-refractivity contribution is 5.54. The molecular weight excluding hydrogens is 869 g/mol. The van der Waals surface area contributed by atoms with Gasteiger partial charge in [0.05, 0.1) is 53.9 Å². The zero-order chi connectivity index (χ0) is 48.0. The number of para-hydroxylation sites is 2. The van der Waals surface area contributed by atoms with Crippen LogP contribution in [0.1, 0.15) is 91.3 Å². The topological polar surface area (TPSA) is 207 Å². The molecule has 4 N–H and O–H groups in total. The fourth-order valence-corrected chi connectivity index (χ4v) is 8.06. The molecule has 0 saturated heterocycles. The van der Waals surface area contributed by atoms with E-state index in [2.05, 4.69) is 13.8 Å². The molecule has 0 spiro atoms. The first-order valence-corrected chi connectivity index (χ1v) is 21.9. The Morgan fingerprint density at radius 1 is 0.537 bits per heavy atom. The lowest BCUT2D eigenvalue weighted by atomic mass is 9.81. The summed E-state index contributed by atoms with van der Waals surface area (Å²) in [5.41, 5.74) is 5.05. The van der Waals surface area contributed by atoms with E-state index in [-0.39, 0.29) is 36.5 Å². The van der Waals surface area contributed by atoms with Crippen molar-refractivity contribution in [2.24, 2.45) is 11.8 Å². The number of carbonyl (C=O) groups is 2. The van der Waals surface area contributed by atoms with Crippen molar-refractivity contribution in [2.45, 2.75) is 70.7 Å². The Bertz CT molecular complexity index is 2230. The number of aryl methyl sites for hydroxylation is 2. The maximum absolute atomic E-state index is 10.9. The molecule has 16 nitrogen and oxygen atoms in total. The number of phenols is 2. The number of aliphatic hydroxyl groups is 2. The molecule has 5 aromatic carbocycles. The predicted molar refractivity (Wildman–Crippen MR) is 243 cm³/mol. The van der Waals surface area contributed by atoms with Gasteiger partial charge in [-0.15, -0.1) is 0 Å². The first kappa shape index (κ1) is 49.4. The molecule has 0 bridgehead atoms. The Morgan fingerprint density at radius 2 is 0.866 bits per heavy atom. The molecule has 5 aromatic rings. The van der Waals surface area contributed by atoms with E-state index < -0.39 is 24.8 Å². The smallest absolute Gasteiger partial charge is 0.293 e. The van der Waals surface area contributed by atoms with Crippen molar-refractivity contribution in [2.75, 3.05) is 41.7 Å². The van der Waals surface area contributed by atoms with Gasteiger partial charge in [0.25, 0.3) is 25.5 Å². The highest BCUT2D eigenvalue weighted by Gasteiger charge is 2.36. The van der Waals surface area contributed by atoms with E-state index in [0.29, 0.717) is 71.8 Å². The lowest BCUT2D eigenvalue weighted by molar-refractivity contribution is -0.132.